The molecule has 0 aliphatic carbocycles. The molecular formula is C18H28Cl2N2O. The minimum absolute atomic E-state index is 0. The Morgan fingerprint density at radius 2 is 1.96 bits per heavy atom. The molecule has 0 aromatic heterocycles. The monoisotopic (exact) mass is 358 g/mol. The summed E-state index contributed by atoms with van der Waals surface area (Å²) in [6.45, 7) is 7.04. The summed E-state index contributed by atoms with van der Waals surface area (Å²) in [7, 11) is 0. The van der Waals surface area contributed by atoms with E-state index in [1.165, 1.54) is 12.8 Å². The Labute approximate surface area is 151 Å². The minimum Gasteiger partial charge on any atom is -0.355 e. The van der Waals surface area contributed by atoms with Gasteiger partial charge in [0.15, 0.2) is 0 Å². The van der Waals surface area contributed by atoms with Crippen molar-refractivity contribution in [3.05, 3.63) is 34.9 Å². The first kappa shape index (κ1) is 20.3. The van der Waals surface area contributed by atoms with Crippen LogP contribution in [0.5, 0.6) is 0 Å². The number of piperidine rings is 1. The SMILES string of the molecule is CCC(CC)(C(=O)NCC1CCCNC1)c1ccc(Cl)cc1.Cl. The van der Waals surface area contributed by atoms with Gasteiger partial charge in [-0.2, -0.15) is 0 Å². The summed E-state index contributed by atoms with van der Waals surface area (Å²) in [5, 5.41) is 7.30. The van der Waals surface area contributed by atoms with Crippen LogP contribution in [0.25, 0.3) is 0 Å². The van der Waals surface area contributed by atoms with Crippen molar-refractivity contribution in [2.24, 2.45) is 5.92 Å². The molecule has 3 nitrogen and oxygen atoms in total. The molecule has 1 aliphatic heterocycles. The van der Waals surface area contributed by atoms with Gasteiger partial charge in [0.25, 0.3) is 0 Å². The van der Waals surface area contributed by atoms with Crippen LogP contribution in [0.2, 0.25) is 5.02 Å². The third kappa shape index (κ3) is 4.85. The molecule has 0 saturated carbocycles. The van der Waals surface area contributed by atoms with E-state index < -0.39 is 5.41 Å². The van der Waals surface area contributed by atoms with E-state index in [1.54, 1.807) is 0 Å². The standard InChI is InChI=1S/C18H27ClN2O.ClH/c1-3-18(4-2,15-7-9-16(19)10-8-15)17(22)21-13-14-6-5-11-20-12-14;/h7-10,14,20H,3-6,11-13H2,1-2H3,(H,21,22);1H. The van der Waals surface area contributed by atoms with Gasteiger partial charge < -0.3 is 10.6 Å². The summed E-state index contributed by atoms with van der Waals surface area (Å²) >= 11 is 5.98. The van der Waals surface area contributed by atoms with Gasteiger partial charge in [-0.05, 0) is 62.4 Å². The van der Waals surface area contributed by atoms with Crippen LogP contribution in [-0.4, -0.2) is 25.5 Å². The number of halogens is 2. The summed E-state index contributed by atoms with van der Waals surface area (Å²) in [6, 6.07) is 7.71. The van der Waals surface area contributed by atoms with Gasteiger partial charge in [-0.15, -0.1) is 12.4 Å². The first-order valence-electron chi connectivity index (χ1n) is 8.37. The van der Waals surface area contributed by atoms with Crippen LogP contribution in [0.1, 0.15) is 45.1 Å². The van der Waals surface area contributed by atoms with E-state index in [1.807, 2.05) is 24.3 Å². The number of amides is 1. The van der Waals surface area contributed by atoms with Crippen LogP contribution >= 0.6 is 24.0 Å². The van der Waals surface area contributed by atoms with Crippen molar-refractivity contribution in [1.29, 1.82) is 0 Å². The van der Waals surface area contributed by atoms with Crippen LogP contribution in [0, 0.1) is 5.92 Å². The molecule has 0 bridgehead atoms. The molecule has 2 N–H and O–H groups in total. The second kappa shape index (κ2) is 9.51. The topological polar surface area (TPSA) is 41.1 Å². The van der Waals surface area contributed by atoms with Gasteiger partial charge >= 0.3 is 0 Å². The molecule has 1 fully saturated rings. The van der Waals surface area contributed by atoms with Crippen molar-refractivity contribution in [1.82, 2.24) is 10.6 Å². The predicted octanol–water partition coefficient (Wildman–Crippen LogP) is 3.94. The van der Waals surface area contributed by atoms with Crippen molar-refractivity contribution in [2.45, 2.75) is 44.9 Å². The van der Waals surface area contributed by atoms with Crippen LogP contribution in [0.3, 0.4) is 0 Å². The smallest absolute Gasteiger partial charge is 0.230 e. The van der Waals surface area contributed by atoms with Crippen molar-refractivity contribution >= 4 is 29.9 Å². The summed E-state index contributed by atoms with van der Waals surface area (Å²) in [5.41, 5.74) is 0.605. The zero-order valence-corrected chi connectivity index (χ0v) is 15.6. The number of hydrogen-bond acceptors (Lipinski definition) is 2. The van der Waals surface area contributed by atoms with E-state index in [0.717, 1.165) is 38.0 Å². The Balaban J connectivity index is 0.00000264. The lowest BCUT2D eigenvalue weighted by atomic mass is 9.75. The van der Waals surface area contributed by atoms with E-state index in [0.29, 0.717) is 10.9 Å². The molecule has 1 aliphatic rings. The largest absolute Gasteiger partial charge is 0.355 e. The molecule has 0 radical (unpaired) electrons. The summed E-state index contributed by atoms with van der Waals surface area (Å²) in [5.74, 6) is 0.694. The van der Waals surface area contributed by atoms with Crippen LogP contribution in [-0.2, 0) is 10.2 Å². The molecule has 0 spiro atoms. The number of rotatable bonds is 6. The Bertz CT molecular complexity index is 480. The number of benzene rings is 1. The van der Waals surface area contributed by atoms with Crippen molar-refractivity contribution in [3.63, 3.8) is 0 Å². The van der Waals surface area contributed by atoms with E-state index in [4.69, 9.17) is 11.6 Å². The molecule has 130 valence electrons. The van der Waals surface area contributed by atoms with Gasteiger partial charge in [0, 0.05) is 11.6 Å². The molecule has 1 heterocycles. The van der Waals surface area contributed by atoms with Crippen LogP contribution in [0.15, 0.2) is 24.3 Å². The van der Waals surface area contributed by atoms with Gasteiger partial charge in [0.1, 0.15) is 0 Å². The van der Waals surface area contributed by atoms with Crippen molar-refractivity contribution in [2.75, 3.05) is 19.6 Å². The average molecular weight is 359 g/mol. The molecule has 2 rings (SSSR count). The lowest BCUT2D eigenvalue weighted by Crippen LogP contribution is -2.47. The third-order valence-corrected chi connectivity index (χ3v) is 5.24. The van der Waals surface area contributed by atoms with E-state index in [-0.39, 0.29) is 18.3 Å². The van der Waals surface area contributed by atoms with E-state index in [2.05, 4.69) is 24.5 Å². The highest BCUT2D eigenvalue weighted by Gasteiger charge is 2.36. The molecule has 1 atom stereocenters. The van der Waals surface area contributed by atoms with E-state index >= 15 is 0 Å². The fraction of sp³-hybridized carbons (Fsp3) is 0.611. The lowest BCUT2D eigenvalue weighted by molar-refractivity contribution is -0.127. The highest BCUT2D eigenvalue weighted by Crippen LogP contribution is 2.33. The normalized spacial score (nSPS) is 18.1. The molecule has 23 heavy (non-hydrogen) atoms. The first-order chi connectivity index (χ1) is 10.6. The van der Waals surface area contributed by atoms with E-state index in [9.17, 15) is 4.79 Å². The lowest BCUT2D eigenvalue weighted by Gasteiger charge is -2.32. The maximum atomic E-state index is 12.9. The quantitative estimate of drug-likeness (QED) is 0.808. The van der Waals surface area contributed by atoms with Gasteiger partial charge in [-0.1, -0.05) is 37.6 Å². The maximum Gasteiger partial charge on any atom is 0.230 e. The molecule has 5 heteroatoms. The number of carbonyl (C=O) groups is 1. The molecule has 1 aromatic rings. The zero-order valence-electron chi connectivity index (χ0n) is 14.0. The molecule has 1 saturated heterocycles. The van der Waals surface area contributed by atoms with Gasteiger partial charge in [0.2, 0.25) is 5.91 Å². The van der Waals surface area contributed by atoms with Gasteiger partial charge in [0.05, 0.1) is 5.41 Å². The van der Waals surface area contributed by atoms with Crippen LogP contribution < -0.4 is 10.6 Å². The zero-order chi connectivity index (χ0) is 16.0. The maximum absolute atomic E-state index is 12.9. The molecule has 1 aromatic carbocycles. The van der Waals surface area contributed by atoms with Crippen molar-refractivity contribution in [3.8, 4) is 0 Å². The van der Waals surface area contributed by atoms with Gasteiger partial charge in [-0.25, -0.2) is 0 Å². The fourth-order valence-electron chi connectivity index (χ4n) is 3.38. The Kier molecular flexibility index (Phi) is 8.38. The highest BCUT2D eigenvalue weighted by atomic mass is 35.5. The number of carbonyl (C=O) groups excluding carboxylic acids is 1. The minimum atomic E-state index is -0.452. The van der Waals surface area contributed by atoms with Gasteiger partial charge in [-0.3, -0.25) is 4.79 Å². The molecule has 1 unspecified atom stereocenters. The Morgan fingerprint density at radius 3 is 2.48 bits per heavy atom. The first-order valence-corrected chi connectivity index (χ1v) is 8.75. The highest BCUT2D eigenvalue weighted by molar-refractivity contribution is 6.30. The second-order valence-electron chi connectivity index (χ2n) is 6.22. The van der Waals surface area contributed by atoms with Crippen LogP contribution in [0.4, 0.5) is 0 Å². The summed E-state index contributed by atoms with van der Waals surface area (Å²) in [4.78, 5) is 12.9. The molecular weight excluding hydrogens is 331 g/mol. The fourth-order valence-corrected chi connectivity index (χ4v) is 3.51. The Morgan fingerprint density at radius 1 is 1.30 bits per heavy atom. The predicted molar refractivity (Wildman–Crippen MR) is 99.6 cm³/mol. The second-order valence-corrected chi connectivity index (χ2v) is 6.65. The number of hydrogen-bond donors (Lipinski definition) is 2. The summed E-state index contributed by atoms with van der Waals surface area (Å²) < 4.78 is 0. The Hall–Kier alpha value is -0.770. The summed E-state index contributed by atoms with van der Waals surface area (Å²) in [6.07, 6.45) is 3.98. The van der Waals surface area contributed by atoms with Crippen molar-refractivity contribution < 1.29 is 4.79 Å². The third-order valence-electron chi connectivity index (χ3n) is 4.99. The average Bonchev–Trinajstić information content (AvgIpc) is 2.57. The number of nitrogens with one attached hydrogen (secondary N) is 2. The molecule has 1 amide bonds.